The molecule has 32 heavy (non-hydrogen) atoms. The van der Waals surface area contributed by atoms with Gasteiger partial charge in [0.25, 0.3) is 0 Å². The van der Waals surface area contributed by atoms with Crippen molar-refractivity contribution in [3.05, 3.63) is 36.0 Å². The molecule has 0 bridgehead atoms. The largest absolute Gasteiger partial charge is 0.492 e. The van der Waals surface area contributed by atoms with E-state index in [-0.39, 0.29) is 0 Å². The van der Waals surface area contributed by atoms with Gasteiger partial charge in [-0.25, -0.2) is 4.79 Å². The topological polar surface area (TPSA) is 130 Å². The summed E-state index contributed by atoms with van der Waals surface area (Å²) in [6, 6.07) is 7.51. The lowest BCUT2D eigenvalue weighted by Gasteiger charge is -2.26. The van der Waals surface area contributed by atoms with Crippen LogP contribution in [0.2, 0.25) is 0 Å². The van der Waals surface area contributed by atoms with Gasteiger partial charge in [0.2, 0.25) is 11.0 Å². The second-order valence-electron chi connectivity index (χ2n) is 8.33. The molecule has 2 heterocycles. The number of aromatic nitrogens is 6. The number of alkyl carbamates (subject to hydrolysis) is 1. The molecule has 0 aliphatic heterocycles. The minimum atomic E-state index is -0.882. The lowest BCUT2D eigenvalue weighted by molar-refractivity contribution is 0.0465. The van der Waals surface area contributed by atoms with Gasteiger partial charge in [-0.1, -0.05) is 29.1 Å². The highest BCUT2D eigenvalue weighted by Gasteiger charge is 2.31. The third kappa shape index (κ3) is 5.96. The lowest BCUT2D eigenvalue weighted by Crippen LogP contribution is -2.44. The Morgan fingerprint density at radius 1 is 1.22 bits per heavy atom. The molecule has 0 saturated carbocycles. The molecular weight excluding hydrogens is 434 g/mol. The molecule has 0 aliphatic rings. The Morgan fingerprint density at radius 2 is 1.97 bits per heavy atom. The molecule has 1 N–H and O–H groups in total. The van der Waals surface area contributed by atoms with Crippen molar-refractivity contribution in [2.45, 2.75) is 63.6 Å². The van der Waals surface area contributed by atoms with E-state index in [0.717, 1.165) is 5.69 Å². The van der Waals surface area contributed by atoms with Crippen molar-refractivity contribution in [2.24, 2.45) is 0 Å². The molecular formula is C20H27N7O4S. The number of rotatable bonds is 8. The van der Waals surface area contributed by atoms with Crippen LogP contribution < -0.4 is 10.1 Å². The zero-order valence-corrected chi connectivity index (χ0v) is 19.8. The first-order valence-corrected chi connectivity index (χ1v) is 11.0. The number of nitrogens with zero attached hydrogens (tertiary/aromatic N) is 6. The number of para-hydroxylation sites is 2. The van der Waals surface area contributed by atoms with E-state index in [1.54, 1.807) is 39.3 Å². The standard InChI is InChI=1S/C20H27N7O4S/c1-7-29-14-11-9-8-10-13(14)27-17(23-25-26-27)32-12-15-21-16(24-31-15)20(5,6)22-18(28)30-19(2,3)4/h8-11H,7,12H2,1-6H3,(H,22,28). The fraction of sp³-hybridized carbons (Fsp3) is 0.500. The van der Waals surface area contributed by atoms with Crippen LogP contribution in [0.3, 0.4) is 0 Å². The maximum Gasteiger partial charge on any atom is 0.408 e. The minimum absolute atomic E-state index is 0.334. The van der Waals surface area contributed by atoms with Crippen LogP contribution in [0.4, 0.5) is 4.79 Å². The molecule has 3 aromatic rings. The lowest BCUT2D eigenvalue weighted by atomic mass is 10.1. The number of carbonyl (C=O) groups excluding carboxylic acids is 1. The van der Waals surface area contributed by atoms with E-state index < -0.39 is 17.2 Å². The summed E-state index contributed by atoms with van der Waals surface area (Å²) < 4.78 is 17.9. The van der Waals surface area contributed by atoms with Crippen LogP contribution in [0, 0.1) is 0 Å². The Labute approximate surface area is 190 Å². The molecule has 1 aromatic carbocycles. The maximum absolute atomic E-state index is 12.1. The summed E-state index contributed by atoms with van der Waals surface area (Å²) in [7, 11) is 0. The van der Waals surface area contributed by atoms with Gasteiger partial charge in [-0.15, -0.1) is 5.10 Å². The molecule has 11 nitrogen and oxygen atoms in total. The molecule has 0 saturated heterocycles. The van der Waals surface area contributed by atoms with E-state index in [0.29, 0.717) is 35.0 Å². The van der Waals surface area contributed by atoms with Crippen molar-refractivity contribution in [1.82, 2.24) is 35.7 Å². The molecule has 0 atom stereocenters. The summed E-state index contributed by atoms with van der Waals surface area (Å²) in [6.07, 6.45) is -0.560. The van der Waals surface area contributed by atoms with Gasteiger partial charge in [0.1, 0.15) is 22.6 Å². The van der Waals surface area contributed by atoms with Crippen LogP contribution >= 0.6 is 11.8 Å². The first-order valence-electron chi connectivity index (χ1n) is 10.1. The molecule has 0 fully saturated rings. The van der Waals surface area contributed by atoms with Crippen molar-refractivity contribution < 1.29 is 18.8 Å². The van der Waals surface area contributed by atoms with Crippen LogP contribution in [0.15, 0.2) is 33.9 Å². The Balaban J connectivity index is 1.68. The van der Waals surface area contributed by atoms with Crippen LogP contribution in [0.1, 0.15) is 53.3 Å². The monoisotopic (exact) mass is 461 g/mol. The van der Waals surface area contributed by atoms with Gasteiger partial charge < -0.3 is 19.3 Å². The number of ether oxygens (including phenoxy) is 2. The van der Waals surface area contributed by atoms with Gasteiger partial charge in [0, 0.05) is 0 Å². The molecule has 3 rings (SSSR count). The number of hydrogen-bond donors (Lipinski definition) is 1. The van der Waals surface area contributed by atoms with Crippen molar-refractivity contribution in [3.63, 3.8) is 0 Å². The third-order valence-corrected chi connectivity index (χ3v) is 4.90. The predicted molar refractivity (Wildman–Crippen MR) is 117 cm³/mol. The van der Waals surface area contributed by atoms with E-state index in [4.69, 9.17) is 14.0 Å². The fourth-order valence-electron chi connectivity index (χ4n) is 2.64. The van der Waals surface area contributed by atoms with Gasteiger partial charge in [0.05, 0.1) is 12.4 Å². The maximum atomic E-state index is 12.1. The first-order chi connectivity index (χ1) is 15.1. The molecule has 1 amide bonds. The number of carbonyl (C=O) groups is 1. The van der Waals surface area contributed by atoms with Gasteiger partial charge in [0.15, 0.2) is 5.82 Å². The number of amides is 1. The van der Waals surface area contributed by atoms with E-state index in [1.165, 1.54) is 11.8 Å². The quantitative estimate of drug-likeness (QED) is 0.497. The zero-order valence-electron chi connectivity index (χ0n) is 18.9. The van der Waals surface area contributed by atoms with E-state index in [2.05, 4.69) is 31.0 Å². The number of thioether (sulfide) groups is 1. The Hall–Kier alpha value is -3.15. The van der Waals surface area contributed by atoms with Gasteiger partial charge in [-0.05, 0) is 64.1 Å². The van der Waals surface area contributed by atoms with Crippen LogP contribution in [0.25, 0.3) is 5.69 Å². The van der Waals surface area contributed by atoms with E-state index in [1.807, 2.05) is 31.2 Å². The Kier molecular flexibility index (Phi) is 7.02. The molecule has 12 heteroatoms. The highest BCUT2D eigenvalue weighted by atomic mass is 32.2. The first kappa shape index (κ1) is 23.5. The molecule has 172 valence electrons. The number of hydrogen-bond acceptors (Lipinski definition) is 10. The van der Waals surface area contributed by atoms with Crippen molar-refractivity contribution in [2.75, 3.05) is 6.61 Å². The number of nitrogens with one attached hydrogen (secondary N) is 1. The van der Waals surface area contributed by atoms with Gasteiger partial charge in [-0.3, -0.25) is 0 Å². The van der Waals surface area contributed by atoms with Crippen molar-refractivity contribution in [3.8, 4) is 11.4 Å². The molecule has 2 aromatic heterocycles. The molecule has 0 aliphatic carbocycles. The van der Waals surface area contributed by atoms with Crippen LogP contribution in [-0.2, 0) is 16.0 Å². The third-order valence-electron chi connectivity index (χ3n) is 4.00. The normalized spacial score (nSPS) is 11.9. The van der Waals surface area contributed by atoms with Gasteiger partial charge in [-0.2, -0.15) is 9.67 Å². The summed E-state index contributed by atoms with van der Waals surface area (Å²) in [6.45, 7) is 11.4. The van der Waals surface area contributed by atoms with E-state index in [9.17, 15) is 4.79 Å². The van der Waals surface area contributed by atoms with E-state index >= 15 is 0 Å². The number of tetrazole rings is 1. The second-order valence-corrected chi connectivity index (χ2v) is 9.27. The molecule has 0 spiro atoms. The Bertz CT molecular complexity index is 1060. The van der Waals surface area contributed by atoms with Gasteiger partial charge >= 0.3 is 6.09 Å². The summed E-state index contributed by atoms with van der Waals surface area (Å²) in [5.41, 5.74) is -0.757. The summed E-state index contributed by atoms with van der Waals surface area (Å²) in [5, 5.41) is 19.2. The average molecular weight is 462 g/mol. The summed E-state index contributed by atoms with van der Waals surface area (Å²) in [4.78, 5) is 16.5. The molecule has 0 radical (unpaired) electrons. The van der Waals surface area contributed by atoms with Crippen LogP contribution in [0.5, 0.6) is 5.75 Å². The van der Waals surface area contributed by atoms with Crippen molar-refractivity contribution in [1.29, 1.82) is 0 Å². The van der Waals surface area contributed by atoms with Crippen molar-refractivity contribution >= 4 is 17.9 Å². The smallest absolute Gasteiger partial charge is 0.408 e. The fourth-order valence-corrected chi connectivity index (χ4v) is 3.36. The second kappa shape index (κ2) is 9.55. The minimum Gasteiger partial charge on any atom is -0.492 e. The zero-order chi connectivity index (χ0) is 23.4. The predicted octanol–water partition coefficient (Wildman–Crippen LogP) is 3.50. The highest BCUT2D eigenvalue weighted by molar-refractivity contribution is 7.98. The SMILES string of the molecule is CCOc1ccccc1-n1nnnc1SCc1nc(C(C)(C)NC(=O)OC(C)(C)C)no1. The number of benzene rings is 1. The Morgan fingerprint density at radius 3 is 2.69 bits per heavy atom. The molecule has 0 unspecified atom stereocenters. The summed E-state index contributed by atoms with van der Waals surface area (Å²) in [5.74, 6) is 1.73. The van der Waals surface area contributed by atoms with Crippen LogP contribution in [-0.4, -0.2) is 48.6 Å². The average Bonchev–Trinajstić information content (AvgIpc) is 3.35. The summed E-state index contributed by atoms with van der Waals surface area (Å²) >= 11 is 1.34. The highest BCUT2D eigenvalue weighted by Crippen LogP contribution is 2.28.